The Morgan fingerprint density at radius 3 is 2.52 bits per heavy atom. The summed E-state index contributed by atoms with van der Waals surface area (Å²) in [6, 6.07) is 10.5. The first-order chi connectivity index (χ1) is 9.85. The smallest absolute Gasteiger partial charge is 0.410 e. The second-order valence-electron chi connectivity index (χ2n) is 6.78. The summed E-state index contributed by atoms with van der Waals surface area (Å²) in [6.07, 6.45) is 0.668. The number of carbonyl (C=O) groups is 1. The number of hydrogen-bond acceptors (Lipinski definition) is 3. The number of piperazine rings is 1. The Morgan fingerprint density at radius 2 is 1.90 bits per heavy atom. The minimum Gasteiger partial charge on any atom is -0.444 e. The van der Waals surface area contributed by atoms with Gasteiger partial charge in [0, 0.05) is 19.6 Å². The summed E-state index contributed by atoms with van der Waals surface area (Å²) in [5, 5.41) is 0. The molecule has 0 saturated carbocycles. The first-order valence-corrected chi connectivity index (χ1v) is 7.57. The Labute approximate surface area is 127 Å². The lowest BCUT2D eigenvalue weighted by Gasteiger charge is -2.40. The monoisotopic (exact) mass is 290 g/mol. The van der Waals surface area contributed by atoms with E-state index < -0.39 is 5.60 Å². The number of carbonyl (C=O) groups excluding carboxylic acids is 1. The van der Waals surface area contributed by atoms with Crippen molar-refractivity contribution in [2.45, 2.75) is 38.8 Å². The molecule has 1 aromatic rings. The lowest BCUT2D eigenvalue weighted by molar-refractivity contribution is 0.00165. The number of benzene rings is 1. The summed E-state index contributed by atoms with van der Waals surface area (Å²) in [7, 11) is 2.10. The molecule has 21 heavy (non-hydrogen) atoms. The average molecular weight is 290 g/mol. The van der Waals surface area contributed by atoms with Crippen molar-refractivity contribution in [2.75, 3.05) is 26.7 Å². The number of nitrogens with zero attached hydrogens (tertiary/aromatic N) is 2. The van der Waals surface area contributed by atoms with Gasteiger partial charge < -0.3 is 14.5 Å². The molecule has 1 aromatic carbocycles. The Balaban J connectivity index is 2.08. The van der Waals surface area contributed by atoms with Gasteiger partial charge in [-0.05, 0) is 39.8 Å². The van der Waals surface area contributed by atoms with E-state index in [1.807, 2.05) is 43.9 Å². The number of hydrogen-bond donors (Lipinski definition) is 0. The molecule has 1 aliphatic heterocycles. The van der Waals surface area contributed by atoms with E-state index in [-0.39, 0.29) is 12.1 Å². The molecule has 0 aliphatic carbocycles. The Kier molecular flexibility index (Phi) is 4.88. The van der Waals surface area contributed by atoms with Gasteiger partial charge in [-0.25, -0.2) is 4.79 Å². The number of amides is 1. The third-order valence-electron chi connectivity index (χ3n) is 3.63. The Bertz CT molecular complexity index is 467. The van der Waals surface area contributed by atoms with Crippen LogP contribution in [-0.4, -0.2) is 54.2 Å². The zero-order valence-electron chi connectivity index (χ0n) is 13.5. The van der Waals surface area contributed by atoms with E-state index in [1.165, 1.54) is 5.56 Å². The molecule has 0 radical (unpaired) electrons. The zero-order valence-corrected chi connectivity index (χ0v) is 13.5. The summed E-state index contributed by atoms with van der Waals surface area (Å²) in [4.78, 5) is 16.6. The lowest BCUT2D eigenvalue weighted by Crippen LogP contribution is -2.55. The number of likely N-dealkylation sites (N-methyl/N-ethyl adjacent to an activating group) is 1. The van der Waals surface area contributed by atoms with E-state index in [4.69, 9.17) is 4.74 Å². The molecule has 4 heteroatoms. The summed E-state index contributed by atoms with van der Waals surface area (Å²) in [5.41, 5.74) is 0.809. The van der Waals surface area contributed by atoms with Gasteiger partial charge in [0.1, 0.15) is 5.60 Å². The van der Waals surface area contributed by atoms with Crippen LogP contribution in [0.4, 0.5) is 4.79 Å². The van der Waals surface area contributed by atoms with Crippen molar-refractivity contribution in [1.29, 1.82) is 0 Å². The maximum atomic E-state index is 12.4. The van der Waals surface area contributed by atoms with E-state index in [0.717, 1.165) is 26.1 Å². The first kappa shape index (κ1) is 15.8. The highest BCUT2D eigenvalue weighted by atomic mass is 16.6. The van der Waals surface area contributed by atoms with Gasteiger partial charge in [0.15, 0.2) is 0 Å². The molecule has 1 aliphatic rings. The summed E-state index contributed by atoms with van der Waals surface area (Å²) in [5.74, 6) is 0. The maximum absolute atomic E-state index is 12.4. The van der Waals surface area contributed by atoms with Crippen LogP contribution in [0.15, 0.2) is 30.3 Å². The van der Waals surface area contributed by atoms with Crippen LogP contribution in [0.5, 0.6) is 0 Å². The third-order valence-corrected chi connectivity index (χ3v) is 3.63. The van der Waals surface area contributed by atoms with E-state index in [9.17, 15) is 4.79 Å². The molecule has 0 spiro atoms. The van der Waals surface area contributed by atoms with Crippen LogP contribution in [0.1, 0.15) is 26.3 Å². The van der Waals surface area contributed by atoms with Gasteiger partial charge in [0.2, 0.25) is 0 Å². The molecule has 1 atom stereocenters. The fraction of sp³-hybridized carbons (Fsp3) is 0.588. The molecular weight excluding hydrogens is 264 g/mol. The third kappa shape index (κ3) is 4.74. The van der Waals surface area contributed by atoms with Crippen molar-refractivity contribution < 1.29 is 9.53 Å². The largest absolute Gasteiger partial charge is 0.444 e. The van der Waals surface area contributed by atoms with Crippen molar-refractivity contribution in [1.82, 2.24) is 9.80 Å². The minimum atomic E-state index is -0.447. The van der Waals surface area contributed by atoms with Crippen LogP contribution in [0.2, 0.25) is 0 Å². The zero-order chi connectivity index (χ0) is 15.5. The molecule has 0 aromatic heterocycles. The highest BCUT2D eigenvalue weighted by molar-refractivity contribution is 5.68. The topological polar surface area (TPSA) is 32.8 Å². The lowest BCUT2D eigenvalue weighted by atomic mass is 10.0. The van der Waals surface area contributed by atoms with E-state index >= 15 is 0 Å². The molecule has 1 fully saturated rings. The van der Waals surface area contributed by atoms with Gasteiger partial charge in [0.25, 0.3) is 0 Å². The predicted octanol–water partition coefficient (Wildman–Crippen LogP) is 2.78. The second kappa shape index (κ2) is 6.48. The molecule has 116 valence electrons. The van der Waals surface area contributed by atoms with Gasteiger partial charge >= 0.3 is 6.09 Å². The molecule has 0 N–H and O–H groups in total. The molecule has 1 heterocycles. The molecule has 4 nitrogen and oxygen atoms in total. The van der Waals surface area contributed by atoms with Crippen LogP contribution in [0.3, 0.4) is 0 Å². The Morgan fingerprint density at radius 1 is 1.24 bits per heavy atom. The van der Waals surface area contributed by atoms with Gasteiger partial charge in [-0.2, -0.15) is 0 Å². The van der Waals surface area contributed by atoms with E-state index in [1.54, 1.807) is 0 Å². The normalized spacial score (nSPS) is 20.4. The van der Waals surface area contributed by atoms with Crippen molar-refractivity contribution in [3.63, 3.8) is 0 Å². The molecule has 1 amide bonds. The average Bonchev–Trinajstić information content (AvgIpc) is 2.37. The van der Waals surface area contributed by atoms with Gasteiger partial charge in [0.05, 0.1) is 6.04 Å². The van der Waals surface area contributed by atoms with Crippen molar-refractivity contribution >= 4 is 6.09 Å². The fourth-order valence-electron chi connectivity index (χ4n) is 2.63. The highest BCUT2D eigenvalue weighted by Crippen LogP contribution is 2.18. The van der Waals surface area contributed by atoms with Crippen LogP contribution in [0.25, 0.3) is 0 Å². The van der Waals surface area contributed by atoms with Crippen molar-refractivity contribution in [2.24, 2.45) is 0 Å². The second-order valence-corrected chi connectivity index (χ2v) is 6.78. The van der Waals surface area contributed by atoms with E-state index in [0.29, 0.717) is 0 Å². The first-order valence-electron chi connectivity index (χ1n) is 7.57. The minimum absolute atomic E-state index is 0.168. The summed E-state index contributed by atoms with van der Waals surface area (Å²) in [6.45, 7) is 8.23. The predicted molar refractivity (Wildman–Crippen MR) is 84.4 cm³/mol. The van der Waals surface area contributed by atoms with Crippen molar-refractivity contribution in [3.8, 4) is 0 Å². The van der Waals surface area contributed by atoms with E-state index in [2.05, 4.69) is 24.1 Å². The maximum Gasteiger partial charge on any atom is 0.410 e. The number of ether oxygens (including phenoxy) is 1. The van der Waals surface area contributed by atoms with Crippen LogP contribution >= 0.6 is 0 Å². The highest BCUT2D eigenvalue weighted by Gasteiger charge is 2.32. The summed E-state index contributed by atoms with van der Waals surface area (Å²) >= 11 is 0. The Hall–Kier alpha value is -1.55. The van der Waals surface area contributed by atoms with Crippen LogP contribution in [-0.2, 0) is 11.2 Å². The number of rotatable bonds is 2. The quantitative estimate of drug-likeness (QED) is 0.839. The molecule has 0 unspecified atom stereocenters. The molecular formula is C17H26N2O2. The molecule has 0 bridgehead atoms. The van der Waals surface area contributed by atoms with Gasteiger partial charge in [-0.1, -0.05) is 30.3 Å². The van der Waals surface area contributed by atoms with Gasteiger partial charge in [-0.3, -0.25) is 0 Å². The summed E-state index contributed by atoms with van der Waals surface area (Å²) < 4.78 is 5.55. The van der Waals surface area contributed by atoms with Gasteiger partial charge in [-0.15, -0.1) is 0 Å². The fourth-order valence-corrected chi connectivity index (χ4v) is 2.63. The molecule has 2 rings (SSSR count). The SMILES string of the molecule is CN1CCN(C(=O)OC(C)(C)C)[C@H](Cc2ccccc2)C1. The van der Waals surface area contributed by atoms with Crippen LogP contribution in [0, 0.1) is 0 Å². The van der Waals surface area contributed by atoms with Crippen LogP contribution < -0.4 is 0 Å². The van der Waals surface area contributed by atoms with Crippen molar-refractivity contribution in [3.05, 3.63) is 35.9 Å². The molecule has 1 saturated heterocycles. The standard InChI is InChI=1S/C17H26N2O2/c1-17(2,3)21-16(20)19-11-10-18(4)13-15(19)12-14-8-6-5-7-9-14/h5-9,15H,10-13H2,1-4H3/t15-/m1/s1.